The summed E-state index contributed by atoms with van der Waals surface area (Å²) >= 11 is 1.53. The van der Waals surface area contributed by atoms with Crippen LogP contribution in [0.25, 0.3) is 10.2 Å². The molecule has 1 fully saturated rings. The Morgan fingerprint density at radius 1 is 1.43 bits per heavy atom. The summed E-state index contributed by atoms with van der Waals surface area (Å²) in [5.74, 6) is 0.208. The van der Waals surface area contributed by atoms with Crippen LogP contribution in [0.2, 0.25) is 0 Å². The first-order valence-corrected chi connectivity index (χ1v) is 7.86. The van der Waals surface area contributed by atoms with Gasteiger partial charge in [-0.1, -0.05) is 13.8 Å². The zero-order valence-electron chi connectivity index (χ0n) is 12.0. The molecule has 3 rings (SSSR count). The number of hydrogen-bond donors (Lipinski definition) is 1. The molecule has 21 heavy (non-hydrogen) atoms. The van der Waals surface area contributed by atoms with E-state index in [9.17, 15) is 9.59 Å². The first-order chi connectivity index (χ1) is 10.0. The molecule has 1 saturated heterocycles. The van der Waals surface area contributed by atoms with Crippen molar-refractivity contribution in [2.45, 2.75) is 26.3 Å². The summed E-state index contributed by atoms with van der Waals surface area (Å²) in [5, 5.41) is 2.79. The van der Waals surface area contributed by atoms with Crippen LogP contribution >= 0.6 is 11.3 Å². The molecule has 1 aromatic carbocycles. The molecular formula is C15H17N3O2S. The lowest BCUT2D eigenvalue weighted by Gasteiger charge is -2.33. The fourth-order valence-corrected chi connectivity index (χ4v) is 3.28. The highest BCUT2D eigenvalue weighted by Gasteiger charge is 2.33. The van der Waals surface area contributed by atoms with Crippen molar-refractivity contribution in [1.29, 1.82) is 0 Å². The zero-order chi connectivity index (χ0) is 15.0. The lowest BCUT2D eigenvalue weighted by molar-refractivity contribution is -0.131. The fraction of sp³-hybridized carbons (Fsp3) is 0.400. The van der Waals surface area contributed by atoms with Gasteiger partial charge in [0.15, 0.2) is 0 Å². The maximum Gasteiger partial charge on any atom is 0.250 e. The number of carbonyl (C=O) groups excluding carboxylic acids is 2. The minimum atomic E-state index is -0.427. The number of fused-ring (bicyclic) bond motifs is 1. The molecule has 0 radical (unpaired) electrons. The molecule has 1 aliphatic heterocycles. The third-order valence-electron chi connectivity index (χ3n) is 3.53. The molecule has 2 amide bonds. The van der Waals surface area contributed by atoms with E-state index in [1.54, 1.807) is 10.4 Å². The molecular weight excluding hydrogens is 286 g/mol. The van der Waals surface area contributed by atoms with E-state index in [0.29, 0.717) is 12.3 Å². The van der Waals surface area contributed by atoms with E-state index in [1.807, 2.05) is 32.0 Å². The van der Waals surface area contributed by atoms with Crippen molar-refractivity contribution in [1.82, 2.24) is 10.3 Å². The lowest BCUT2D eigenvalue weighted by Crippen LogP contribution is -2.58. The molecule has 1 N–H and O–H groups in total. The number of hydrogen-bond acceptors (Lipinski definition) is 4. The summed E-state index contributed by atoms with van der Waals surface area (Å²) in [6.07, 6.45) is 0.657. The molecule has 5 nitrogen and oxygen atoms in total. The molecule has 6 heteroatoms. The minimum absolute atomic E-state index is 0.0350. The molecule has 1 aliphatic rings. The number of amides is 2. The fourth-order valence-electron chi connectivity index (χ4n) is 2.57. The van der Waals surface area contributed by atoms with E-state index in [0.717, 1.165) is 15.9 Å². The van der Waals surface area contributed by atoms with Crippen molar-refractivity contribution in [3.05, 3.63) is 23.7 Å². The van der Waals surface area contributed by atoms with Crippen LogP contribution in [0, 0.1) is 5.92 Å². The van der Waals surface area contributed by atoms with Crippen LogP contribution in [0.3, 0.4) is 0 Å². The summed E-state index contributed by atoms with van der Waals surface area (Å²) in [4.78, 5) is 30.3. The SMILES string of the molecule is CC(C)CC1NC(=O)CN(c2ccc3ncsc3c2)C1=O. The Balaban J connectivity index is 1.91. The predicted molar refractivity (Wildman–Crippen MR) is 83.4 cm³/mol. The van der Waals surface area contributed by atoms with E-state index in [4.69, 9.17) is 0 Å². The third kappa shape index (κ3) is 2.76. The summed E-state index contributed by atoms with van der Waals surface area (Å²) in [6, 6.07) is 5.24. The average Bonchev–Trinajstić information content (AvgIpc) is 2.89. The van der Waals surface area contributed by atoms with Gasteiger partial charge in [0.1, 0.15) is 12.6 Å². The van der Waals surface area contributed by atoms with Crippen molar-refractivity contribution < 1.29 is 9.59 Å². The van der Waals surface area contributed by atoms with Gasteiger partial charge in [-0.25, -0.2) is 4.98 Å². The molecule has 2 heterocycles. The van der Waals surface area contributed by atoms with Crippen LogP contribution in [-0.4, -0.2) is 29.4 Å². The van der Waals surface area contributed by atoms with Gasteiger partial charge < -0.3 is 10.2 Å². The van der Waals surface area contributed by atoms with Gasteiger partial charge in [-0.15, -0.1) is 11.3 Å². The van der Waals surface area contributed by atoms with Gasteiger partial charge in [0.2, 0.25) is 11.8 Å². The van der Waals surface area contributed by atoms with Crippen LogP contribution in [0.4, 0.5) is 5.69 Å². The van der Waals surface area contributed by atoms with E-state index < -0.39 is 6.04 Å². The molecule has 1 atom stereocenters. The number of piperazine rings is 1. The molecule has 1 unspecified atom stereocenters. The van der Waals surface area contributed by atoms with E-state index in [1.165, 1.54) is 11.3 Å². The summed E-state index contributed by atoms with van der Waals surface area (Å²) < 4.78 is 1.02. The first-order valence-electron chi connectivity index (χ1n) is 6.98. The Morgan fingerprint density at radius 2 is 2.24 bits per heavy atom. The molecule has 0 spiro atoms. The van der Waals surface area contributed by atoms with E-state index >= 15 is 0 Å². The maximum absolute atomic E-state index is 12.6. The van der Waals surface area contributed by atoms with Gasteiger partial charge in [0, 0.05) is 5.69 Å². The number of anilines is 1. The minimum Gasteiger partial charge on any atom is -0.343 e. The van der Waals surface area contributed by atoms with Gasteiger partial charge in [0.05, 0.1) is 15.7 Å². The monoisotopic (exact) mass is 303 g/mol. The Kier molecular flexibility index (Phi) is 3.63. The van der Waals surface area contributed by atoms with Crippen molar-refractivity contribution in [2.75, 3.05) is 11.4 Å². The highest BCUT2D eigenvalue weighted by atomic mass is 32.1. The number of carbonyl (C=O) groups is 2. The molecule has 110 valence electrons. The standard InChI is InChI=1S/C15H17N3O2S/c1-9(2)5-12-15(20)18(7-14(19)17-12)10-3-4-11-13(6-10)21-8-16-11/h3-4,6,8-9,12H,5,7H2,1-2H3,(H,17,19). The van der Waals surface area contributed by atoms with Gasteiger partial charge in [-0.2, -0.15) is 0 Å². The van der Waals surface area contributed by atoms with Gasteiger partial charge in [-0.3, -0.25) is 9.59 Å². The summed E-state index contributed by atoms with van der Waals surface area (Å²) in [6.45, 7) is 4.17. The van der Waals surface area contributed by atoms with Crippen molar-refractivity contribution in [2.24, 2.45) is 5.92 Å². The second-order valence-electron chi connectivity index (χ2n) is 5.68. The largest absolute Gasteiger partial charge is 0.343 e. The maximum atomic E-state index is 12.6. The molecule has 0 aliphatic carbocycles. The summed E-state index contributed by atoms with van der Waals surface area (Å²) in [7, 11) is 0. The quantitative estimate of drug-likeness (QED) is 0.945. The number of nitrogens with one attached hydrogen (secondary N) is 1. The van der Waals surface area contributed by atoms with Crippen molar-refractivity contribution in [3.8, 4) is 0 Å². The van der Waals surface area contributed by atoms with Gasteiger partial charge in [-0.05, 0) is 30.5 Å². The Hall–Kier alpha value is -1.95. The smallest absolute Gasteiger partial charge is 0.250 e. The average molecular weight is 303 g/mol. The van der Waals surface area contributed by atoms with Crippen LogP contribution < -0.4 is 10.2 Å². The molecule has 2 aromatic rings. The van der Waals surface area contributed by atoms with Crippen LogP contribution in [-0.2, 0) is 9.59 Å². The van der Waals surface area contributed by atoms with Crippen LogP contribution in [0.1, 0.15) is 20.3 Å². The van der Waals surface area contributed by atoms with Crippen LogP contribution in [0.15, 0.2) is 23.7 Å². The normalized spacial score (nSPS) is 19.4. The molecule has 0 saturated carbocycles. The third-order valence-corrected chi connectivity index (χ3v) is 4.33. The lowest BCUT2D eigenvalue weighted by atomic mass is 10.0. The topological polar surface area (TPSA) is 62.3 Å². The number of rotatable bonds is 3. The van der Waals surface area contributed by atoms with E-state index in [2.05, 4.69) is 10.3 Å². The molecule has 0 bridgehead atoms. The second kappa shape index (κ2) is 5.44. The Labute approximate surface area is 127 Å². The Morgan fingerprint density at radius 3 is 3.00 bits per heavy atom. The second-order valence-corrected chi connectivity index (χ2v) is 6.56. The van der Waals surface area contributed by atoms with Crippen LogP contribution in [0.5, 0.6) is 0 Å². The van der Waals surface area contributed by atoms with Crippen molar-refractivity contribution in [3.63, 3.8) is 0 Å². The van der Waals surface area contributed by atoms with Gasteiger partial charge >= 0.3 is 0 Å². The highest BCUT2D eigenvalue weighted by molar-refractivity contribution is 7.16. The number of aromatic nitrogens is 1. The first kappa shape index (κ1) is 14.0. The van der Waals surface area contributed by atoms with E-state index in [-0.39, 0.29) is 18.4 Å². The zero-order valence-corrected chi connectivity index (χ0v) is 12.8. The number of benzene rings is 1. The number of nitrogens with zero attached hydrogens (tertiary/aromatic N) is 2. The predicted octanol–water partition coefficient (Wildman–Crippen LogP) is 2.17. The number of thiazole rings is 1. The highest BCUT2D eigenvalue weighted by Crippen LogP contribution is 2.26. The van der Waals surface area contributed by atoms with Gasteiger partial charge in [0.25, 0.3) is 0 Å². The molecule has 1 aromatic heterocycles. The Bertz CT molecular complexity index is 695. The van der Waals surface area contributed by atoms with Crippen molar-refractivity contribution >= 4 is 39.1 Å². The summed E-state index contributed by atoms with van der Waals surface area (Å²) in [5.41, 5.74) is 3.46.